The summed E-state index contributed by atoms with van der Waals surface area (Å²) >= 11 is 0. The zero-order chi connectivity index (χ0) is 12.8. The van der Waals surface area contributed by atoms with Crippen molar-refractivity contribution in [3.8, 4) is 0 Å². The van der Waals surface area contributed by atoms with Gasteiger partial charge >= 0.3 is 0 Å². The molecule has 4 heteroatoms. The lowest BCUT2D eigenvalue weighted by molar-refractivity contribution is 0.199. The summed E-state index contributed by atoms with van der Waals surface area (Å²) in [6.45, 7) is 7.97. The van der Waals surface area contributed by atoms with Gasteiger partial charge in [0.15, 0.2) is 0 Å². The molecule has 1 unspecified atom stereocenters. The van der Waals surface area contributed by atoms with Gasteiger partial charge in [0.2, 0.25) is 0 Å². The molecule has 96 valence electrons. The van der Waals surface area contributed by atoms with Gasteiger partial charge in [-0.3, -0.25) is 0 Å². The highest BCUT2D eigenvalue weighted by molar-refractivity contribution is 5.65. The Morgan fingerprint density at radius 1 is 1.24 bits per heavy atom. The minimum Gasteiger partial charge on any atom is -0.389 e. The van der Waals surface area contributed by atoms with Gasteiger partial charge in [-0.15, -0.1) is 0 Å². The molecule has 0 radical (unpaired) electrons. The molecule has 0 spiro atoms. The van der Waals surface area contributed by atoms with Crippen LogP contribution in [0, 0.1) is 0 Å². The maximum absolute atomic E-state index is 9.85. The van der Waals surface area contributed by atoms with Gasteiger partial charge in [0.1, 0.15) is 0 Å². The molecule has 0 heterocycles. The van der Waals surface area contributed by atoms with E-state index in [1.54, 1.807) is 6.92 Å². The molecule has 0 saturated heterocycles. The zero-order valence-electron chi connectivity index (χ0n) is 10.9. The van der Waals surface area contributed by atoms with Crippen molar-refractivity contribution in [1.29, 1.82) is 0 Å². The van der Waals surface area contributed by atoms with Crippen LogP contribution >= 0.6 is 0 Å². The molecule has 0 aromatic heterocycles. The predicted octanol–water partition coefficient (Wildman–Crippen LogP) is 2.06. The van der Waals surface area contributed by atoms with Crippen LogP contribution in [0.1, 0.15) is 38.0 Å². The second kappa shape index (κ2) is 6.47. The van der Waals surface area contributed by atoms with Crippen LogP contribution in [-0.4, -0.2) is 18.2 Å². The van der Waals surface area contributed by atoms with Gasteiger partial charge in [0.05, 0.1) is 6.10 Å². The van der Waals surface area contributed by atoms with Crippen LogP contribution in [0.2, 0.25) is 0 Å². The van der Waals surface area contributed by atoms with Crippen LogP contribution in [0.3, 0.4) is 0 Å². The summed E-state index contributed by atoms with van der Waals surface area (Å²) in [7, 11) is 0. The van der Waals surface area contributed by atoms with E-state index < -0.39 is 6.10 Å². The molecule has 1 atom stereocenters. The summed E-state index contributed by atoms with van der Waals surface area (Å²) in [5.74, 6) is 0. The number of benzene rings is 1. The molecule has 0 aliphatic heterocycles. The molecule has 17 heavy (non-hydrogen) atoms. The number of nitrogens with one attached hydrogen (secondary N) is 2. The third kappa shape index (κ3) is 3.35. The first kappa shape index (κ1) is 13.8. The van der Waals surface area contributed by atoms with Crippen molar-refractivity contribution in [3.05, 3.63) is 23.3 Å². The van der Waals surface area contributed by atoms with E-state index in [2.05, 4.69) is 17.6 Å². The van der Waals surface area contributed by atoms with E-state index in [0.29, 0.717) is 6.54 Å². The minimum atomic E-state index is -0.515. The summed E-state index contributed by atoms with van der Waals surface area (Å²) in [5.41, 5.74) is 9.63. The molecule has 1 aromatic carbocycles. The zero-order valence-corrected chi connectivity index (χ0v) is 10.9. The quantitative estimate of drug-likeness (QED) is 0.611. The molecular formula is C13H23N3O. The highest BCUT2D eigenvalue weighted by Gasteiger charge is 2.13. The van der Waals surface area contributed by atoms with Crippen molar-refractivity contribution in [2.45, 2.75) is 33.4 Å². The molecule has 5 N–H and O–H groups in total. The second-order valence-corrected chi connectivity index (χ2v) is 4.04. The summed E-state index contributed by atoms with van der Waals surface area (Å²) in [6, 6.07) is 4.03. The monoisotopic (exact) mass is 237 g/mol. The van der Waals surface area contributed by atoms with Crippen LogP contribution in [0.5, 0.6) is 0 Å². The third-order valence-corrected chi connectivity index (χ3v) is 2.65. The van der Waals surface area contributed by atoms with Gasteiger partial charge in [0, 0.05) is 36.6 Å². The van der Waals surface area contributed by atoms with E-state index in [4.69, 9.17) is 5.73 Å². The smallest absolute Gasteiger partial charge is 0.0785 e. The lowest BCUT2D eigenvalue weighted by Gasteiger charge is -2.19. The molecule has 1 aromatic rings. The van der Waals surface area contributed by atoms with E-state index in [0.717, 1.165) is 35.6 Å². The van der Waals surface area contributed by atoms with Crippen molar-refractivity contribution in [2.75, 3.05) is 23.7 Å². The Hall–Kier alpha value is -1.26. The fourth-order valence-corrected chi connectivity index (χ4v) is 2.02. The van der Waals surface area contributed by atoms with Crippen molar-refractivity contribution >= 4 is 11.4 Å². The Balaban J connectivity index is 3.24. The number of nitrogens with two attached hydrogens (primary N) is 1. The van der Waals surface area contributed by atoms with Gasteiger partial charge in [-0.25, -0.2) is 0 Å². The number of rotatable bonds is 6. The number of aliphatic hydroxyl groups is 1. The van der Waals surface area contributed by atoms with Gasteiger partial charge in [-0.2, -0.15) is 0 Å². The van der Waals surface area contributed by atoms with Crippen LogP contribution in [0.25, 0.3) is 0 Å². The number of aliphatic hydroxyl groups excluding tert-OH is 1. The Bertz CT molecular complexity index is 364. The molecule has 4 nitrogen and oxygen atoms in total. The van der Waals surface area contributed by atoms with Crippen molar-refractivity contribution < 1.29 is 5.11 Å². The van der Waals surface area contributed by atoms with E-state index in [1.165, 1.54) is 0 Å². The lowest BCUT2D eigenvalue weighted by Crippen LogP contribution is -2.11. The normalized spacial score (nSPS) is 12.3. The third-order valence-electron chi connectivity index (χ3n) is 2.65. The van der Waals surface area contributed by atoms with E-state index in [1.807, 2.05) is 19.1 Å². The van der Waals surface area contributed by atoms with E-state index in [-0.39, 0.29) is 0 Å². The molecule has 0 saturated carbocycles. The highest BCUT2D eigenvalue weighted by Crippen LogP contribution is 2.30. The Morgan fingerprint density at radius 2 is 1.88 bits per heavy atom. The molecule has 0 bridgehead atoms. The first-order valence-corrected chi connectivity index (χ1v) is 6.16. The van der Waals surface area contributed by atoms with Gasteiger partial charge < -0.3 is 21.5 Å². The number of hydrogen-bond acceptors (Lipinski definition) is 4. The topological polar surface area (TPSA) is 70.3 Å². The summed E-state index contributed by atoms with van der Waals surface area (Å²) in [5, 5.41) is 16.4. The van der Waals surface area contributed by atoms with Gasteiger partial charge in [-0.05, 0) is 38.5 Å². The Labute approximate surface area is 103 Å². The molecular weight excluding hydrogens is 214 g/mol. The summed E-state index contributed by atoms with van der Waals surface area (Å²) in [6.07, 6.45) is -0.515. The van der Waals surface area contributed by atoms with Gasteiger partial charge in [-0.1, -0.05) is 0 Å². The highest BCUT2D eigenvalue weighted by atomic mass is 16.3. The largest absolute Gasteiger partial charge is 0.389 e. The molecule has 0 aliphatic carbocycles. The van der Waals surface area contributed by atoms with Crippen molar-refractivity contribution in [2.24, 2.45) is 5.73 Å². The fraction of sp³-hybridized carbons (Fsp3) is 0.538. The average molecular weight is 237 g/mol. The van der Waals surface area contributed by atoms with Crippen LogP contribution in [0.4, 0.5) is 11.4 Å². The first-order chi connectivity index (χ1) is 8.13. The predicted molar refractivity (Wildman–Crippen MR) is 73.3 cm³/mol. The number of anilines is 2. The fourth-order valence-electron chi connectivity index (χ4n) is 2.02. The maximum Gasteiger partial charge on any atom is 0.0785 e. The standard InChI is InChI=1S/C13H23N3O/c1-4-15-11-6-10(8-14)13(9(3)17)12(7-11)16-5-2/h6-7,9,15-17H,4-5,8,14H2,1-3H3. The average Bonchev–Trinajstić information content (AvgIpc) is 2.28. The van der Waals surface area contributed by atoms with Crippen molar-refractivity contribution in [1.82, 2.24) is 0 Å². The first-order valence-electron chi connectivity index (χ1n) is 6.16. The lowest BCUT2D eigenvalue weighted by atomic mass is 9.99. The molecule has 0 aliphatic rings. The Kier molecular flexibility index (Phi) is 5.25. The van der Waals surface area contributed by atoms with E-state index in [9.17, 15) is 5.11 Å². The Morgan fingerprint density at radius 3 is 2.35 bits per heavy atom. The molecule has 1 rings (SSSR count). The molecule has 0 amide bonds. The van der Waals surface area contributed by atoms with Crippen molar-refractivity contribution in [3.63, 3.8) is 0 Å². The van der Waals surface area contributed by atoms with Crippen LogP contribution < -0.4 is 16.4 Å². The summed E-state index contributed by atoms with van der Waals surface area (Å²) < 4.78 is 0. The van der Waals surface area contributed by atoms with Crippen LogP contribution in [-0.2, 0) is 6.54 Å². The second-order valence-electron chi connectivity index (χ2n) is 4.04. The number of hydrogen-bond donors (Lipinski definition) is 4. The van der Waals surface area contributed by atoms with E-state index >= 15 is 0 Å². The maximum atomic E-state index is 9.85. The molecule has 0 fully saturated rings. The summed E-state index contributed by atoms with van der Waals surface area (Å²) in [4.78, 5) is 0. The SMILES string of the molecule is CCNc1cc(CN)c(C(C)O)c(NCC)c1. The van der Waals surface area contributed by atoms with Crippen LogP contribution in [0.15, 0.2) is 12.1 Å². The minimum absolute atomic E-state index is 0.428. The van der Waals surface area contributed by atoms with Gasteiger partial charge in [0.25, 0.3) is 0 Å².